The van der Waals surface area contributed by atoms with Gasteiger partial charge in [0.15, 0.2) is 0 Å². The Kier molecular flexibility index (Phi) is 10.9. The van der Waals surface area contributed by atoms with Crippen molar-refractivity contribution >= 4 is 39.0 Å². The van der Waals surface area contributed by atoms with Crippen LogP contribution in [0.15, 0.2) is 33.3 Å². The number of carbonyl (C=O) groups is 1. The van der Waals surface area contributed by atoms with Crippen molar-refractivity contribution in [1.29, 1.82) is 0 Å². The van der Waals surface area contributed by atoms with Gasteiger partial charge in [0.2, 0.25) is 5.95 Å². The molecule has 1 aliphatic carbocycles. The molecule has 1 aliphatic heterocycles. The van der Waals surface area contributed by atoms with E-state index in [1.807, 2.05) is 37.2 Å². The van der Waals surface area contributed by atoms with E-state index in [4.69, 9.17) is 16.3 Å². The van der Waals surface area contributed by atoms with E-state index < -0.39 is 5.60 Å². The Morgan fingerprint density at radius 3 is 2.47 bits per heavy atom. The number of nitrogens with zero attached hydrogens (tertiary/aromatic N) is 5. The summed E-state index contributed by atoms with van der Waals surface area (Å²) in [5.41, 5.74) is 1.56. The van der Waals surface area contributed by atoms with Crippen molar-refractivity contribution in [2.24, 2.45) is 0 Å². The minimum atomic E-state index is -0.511. The quantitative estimate of drug-likeness (QED) is 0.304. The molecule has 1 amide bonds. The fourth-order valence-electron chi connectivity index (χ4n) is 4.72. The Labute approximate surface area is 275 Å². The molecule has 0 aromatic carbocycles. The third-order valence-electron chi connectivity index (χ3n) is 6.70. The molecule has 1 N–H and O–H groups in total. The predicted molar refractivity (Wildman–Crippen MR) is 148 cm³/mol. The van der Waals surface area contributed by atoms with Gasteiger partial charge in [0.05, 0.1) is 4.47 Å². The SMILES string of the molecule is [CH-]=C(/C=C\[CH-]Nc1ncc2c(C)c(Br)c(=O)n(C3CCCC3)c2n1)N1CCN(C(=O)OC(C)(C)C)CC1.[K+]. The zero-order valence-corrected chi connectivity index (χ0v) is 27.7. The molecular formula is C27H35BrKN6O3-. The zero-order chi connectivity index (χ0) is 26.7. The van der Waals surface area contributed by atoms with Crippen LogP contribution in [0.25, 0.3) is 11.0 Å². The number of aromatic nitrogens is 3. The van der Waals surface area contributed by atoms with Gasteiger partial charge in [-0.2, -0.15) is 4.98 Å². The molecule has 3 heterocycles. The van der Waals surface area contributed by atoms with E-state index in [1.165, 1.54) is 0 Å². The summed E-state index contributed by atoms with van der Waals surface area (Å²) in [6, 6.07) is 0.156. The topological polar surface area (TPSA) is 92.6 Å². The molecule has 1 saturated carbocycles. The van der Waals surface area contributed by atoms with E-state index >= 15 is 0 Å². The standard InChI is InChI=1S/C27H35BrN6O3.K/c1-18(32-13-15-33(16-14-32)26(36)37-27(3,4)5)9-8-12-29-25-30-17-21-19(2)22(28)24(35)34(23(21)31-25)20-10-6-7-11-20;/h1,8-9,12,17,20H,6-7,10-11,13-16H2,2-5H3,(H,29,30,31);/q-2;+1/b9-8-;. The van der Waals surface area contributed by atoms with Crippen LogP contribution in [0.2, 0.25) is 0 Å². The maximum atomic E-state index is 13.1. The van der Waals surface area contributed by atoms with Gasteiger partial charge in [0, 0.05) is 43.8 Å². The van der Waals surface area contributed by atoms with Gasteiger partial charge in [0.1, 0.15) is 11.2 Å². The molecule has 0 bridgehead atoms. The molecule has 2 aromatic heterocycles. The number of carbonyl (C=O) groups excluding carboxylic acids is 1. The number of nitrogens with one attached hydrogen (secondary N) is 1. The molecule has 1 saturated heterocycles. The van der Waals surface area contributed by atoms with Crippen LogP contribution in [0.4, 0.5) is 10.7 Å². The summed E-state index contributed by atoms with van der Waals surface area (Å²) in [5.74, 6) is 0.412. The molecular weight excluding hydrogens is 575 g/mol. The number of ether oxygens (including phenoxy) is 1. The van der Waals surface area contributed by atoms with Crippen LogP contribution in [-0.4, -0.2) is 62.2 Å². The first-order valence-corrected chi connectivity index (χ1v) is 13.5. The first kappa shape index (κ1) is 31.2. The normalized spacial score (nSPS) is 16.6. The predicted octanol–water partition coefficient (Wildman–Crippen LogP) is 1.98. The van der Waals surface area contributed by atoms with Crippen LogP contribution in [-0.2, 0) is 4.74 Å². The molecule has 2 fully saturated rings. The summed E-state index contributed by atoms with van der Waals surface area (Å²) in [7, 11) is 0. The van der Waals surface area contributed by atoms with Crippen LogP contribution in [0.1, 0.15) is 58.1 Å². The number of aryl methyl sites for hydroxylation is 1. The minimum Gasteiger partial charge on any atom is -0.444 e. The molecule has 0 spiro atoms. The number of hydrogen-bond donors (Lipinski definition) is 1. The summed E-state index contributed by atoms with van der Waals surface area (Å²) in [5, 5.41) is 3.96. The first-order chi connectivity index (χ1) is 17.5. The van der Waals surface area contributed by atoms with Gasteiger partial charge in [-0.15, -0.1) is 12.2 Å². The maximum absolute atomic E-state index is 13.1. The Balaban J connectivity index is 0.00000400. The van der Waals surface area contributed by atoms with Crippen molar-refractivity contribution in [2.45, 2.75) is 65.0 Å². The summed E-state index contributed by atoms with van der Waals surface area (Å²) < 4.78 is 7.84. The van der Waals surface area contributed by atoms with Gasteiger partial charge < -0.3 is 19.9 Å². The smallest absolute Gasteiger partial charge is 0.444 e. The van der Waals surface area contributed by atoms with Crippen LogP contribution in [0.3, 0.4) is 0 Å². The molecule has 11 heteroatoms. The van der Waals surface area contributed by atoms with Crippen molar-refractivity contribution in [2.75, 3.05) is 31.5 Å². The van der Waals surface area contributed by atoms with Crippen LogP contribution in [0, 0.1) is 20.0 Å². The fourth-order valence-corrected chi connectivity index (χ4v) is 5.13. The van der Waals surface area contributed by atoms with Crippen LogP contribution >= 0.6 is 15.9 Å². The molecule has 0 radical (unpaired) electrons. The van der Waals surface area contributed by atoms with E-state index in [0.29, 0.717) is 47.9 Å². The van der Waals surface area contributed by atoms with E-state index in [0.717, 1.165) is 36.6 Å². The van der Waals surface area contributed by atoms with Crippen molar-refractivity contribution in [3.05, 3.63) is 57.6 Å². The van der Waals surface area contributed by atoms with E-state index in [-0.39, 0.29) is 69.1 Å². The summed E-state index contributed by atoms with van der Waals surface area (Å²) in [4.78, 5) is 38.2. The third kappa shape index (κ3) is 7.42. The average Bonchev–Trinajstić information content (AvgIpc) is 3.39. The number of pyridine rings is 1. The number of halogens is 1. The third-order valence-corrected chi connectivity index (χ3v) is 7.63. The number of hydrogen-bond acceptors (Lipinski definition) is 7. The van der Waals surface area contributed by atoms with E-state index in [1.54, 1.807) is 29.8 Å². The van der Waals surface area contributed by atoms with Crippen molar-refractivity contribution < 1.29 is 60.9 Å². The summed E-state index contributed by atoms with van der Waals surface area (Å²) >= 11 is 3.47. The first-order valence-electron chi connectivity index (χ1n) is 12.7. The minimum absolute atomic E-state index is 0. The van der Waals surface area contributed by atoms with Crippen molar-refractivity contribution in [3.63, 3.8) is 0 Å². The van der Waals surface area contributed by atoms with Gasteiger partial charge in [-0.3, -0.25) is 15.9 Å². The van der Waals surface area contributed by atoms with Crippen molar-refractivity contribution in [1.82, 2.24) is 24.3 Å². The average molecular weight is 611 g/mol. The number of piperazine rings is 1. The molecule has 2 aliphatic rings. The molecule has 0 unspecified atom stereocenters. The Hall–Kier alpha value is -1.37. The molecule has 38 heavy (non-hydrogen) atoms. The van der Waals surface area contributed by atoms with Crippen molar-refractivity contribution in [3.8, 4) is 0 Å². The Morgan fingerprint density at radius 2 is 1.84 bits per heavy atom. The summed E-state index contributed by atoms with van der Waals surface area (Å²) in [6.45, 7) is 17.8. The fraction of sp³-hybridized carbons (Fsp3) is 0.519. The summed E-state index contributed by atoms with van der Waals surface area (Å²) in [6.07, 6.45) is 9.25. The molecule has 9 nitrogen and oxygen atoms in total. The van der Waals surface area contributed by atoms with E-state index in [2.05, 4.69) is 26.2 Å². The number of fused-ring (bicyclic) bond motifs is 1. The van der Waals surface area contributed by atoms with Gasteiger partial charge in [-0.25, -0.2) is 21.9 Å². The number of allylic oxidation sites excluding steroid dienone is 1. The number of amides is 1. The second-order valence-corrected chi connectivity index (χ2v) is 11.3. The monoisotopic (exact) mass is 609 g/mol. The van der Waals surface area contributed by atoms with Crippen LogP contribution in [0.5, 0.6) is 0 Å². The van der Waals surface area contributed by atoms with Gasteiger partial charge in [-0.1, -0.05) is 12.8 Å². The number of anilines is 1. The van der Waals surface area contributed by atoms with Gasteiger partial charge in [-0.05, 0) is 62.0 Å². The van der Waals surface area contributed by atoms with Gasteiger partial charge in [0.25, 0.3) is 5.56 Å². The molecule has 4 rings (SSSR count). The largest absolute Gasteiger partial charge is 1.00 e. The molecule has 2 aromatic rings. The maximum Gasteiger partial charge on any atom is 1.00 e. The second kappa shape index (κ2) is 13.3. The molecule has 200 valence electrons. The second-order valence-electron chi connectivity index (χ2n) is 10.5. The Bertz CT molecular complexity index is 1260. The Morgan fingerprint density at radius 1 is 1.21 bits per heavy atom. The van der Waals surface area contributed by atoms with Gasteiger partial charge >= 0.3 is 57.5 Å². The molecule has 0 atom stereocenters. The number of rotatable bonds is 6. The van der Waals surface area contributed by atoms with E-state index in [9.17, 15) is 9.59 Å². The zero-order valence-electron chi connectivity index (χ0n) is 23.0. The van der Waals surface area contributed by atoms with Crippen LogP contribution < -0.4 is 62.3 Å².